The molecule has 28 heavy (non-hydrogen) atoms. The van der Waals surface area contributed by atoms with Crippen LogP contribution in [-0.4, -0.2) is 30.8 Å². The Bertz CT molecular complexity index is 892. The molecule has 0 atom stereocenters. The van der Waals surface area contributed by atoms with Gasteiger partial charge in [-0.2, -0.15) is 0 Å². The number of rotatable bonds is 7. The minimum atomic E-state index is -1.71. The van der Waals surface area contributed by atoms with E-state index in [4.69, 9.17) is 0 Å². The molecule has 0 aromatic heterocycles. The van der Waals surface area contributed by atoms with Gasteiger partial charge in [-0.15, -0.1) is 0 Å². The number of hydrogen-bond acceptors (Lipinski definition) is 3. The van der Waals surface area contributed by atoms with Crippen LogP contribution < -0.4 is 16.0 Å². The highest BCUT2D eigenvalue weighted by molar-refractivity contribution is 9.10. The number of carbonyl (C=O) groups excluding carboxylic acids is 3. The monoisotopic (exact) mass is 457 g/mol. The van der Waals surface area contributed by atoms with E-state index in [1.54, 1.807) is 24.3 Å². The van der Waals surface area contributed by atoms with E-state index in [2.05, 4.69) is 26.6 Å². The van der Waals surface area contributed by atoms with Gasteiger partial charge >= 0.3 is 0 Å². The number of benzene rings is 2. The maximum atomic E-state index is 13.5. The zero-order valence-electron chi connectivity index (χ0n) is 14.3. The van der Waals surface area contributed by atoms with Gasteiger partial charge in [-0.25, -0.2) is 13.2 Å². The summed E-state index contributed by atoms with van der Waals surface area (Å²) in [7, 11) is 0. The van der Waals surface area contributed by atoms with Gasteiger partial charge in [0.25, 0.3) is 5.91 Å². The Hall–Kier alpha value is -2.88. The third-order valence-electron chi connectivity index (χ3n) is 3.50. The molecule has 0 aliphatic rings. The zero-order valence-corrected chi connectivity index (χ0v) is 15.9. The fourth-order valence-electron chi connectivity index (χ4n) is 2.08. The van der Waals surface area contributed by atoms with Crippen molar-refractivity contribution in [2.75, 3.05) is 18.4 Å². The second kappa shape index (κ2) is 9.88. The molecule has 2 aromatic carbocycles. The molecule has 2 aromatic rings. The Morgan fingerprint density at radius 3 is 2.21 bits per heavy atom. The molecule has 0 saturated heterocycles. The van der Waals surface area contributed by atoms with Crippen LogP contribution in [-0.2, 0) is 9.59 Å². The number of anilines is 1. The van der Waals surface area contributed by atoms with Gasteiger partial charge in [-0.05, 0) is 36.4 Å². The lowest BCUT2D eigenvalue weighted by Gasteiger charge is -2.09. The lowest BCUT2D eigenvalue weighted by atomic mass is 10.2. The zero-order chi connectivity index (χ0) is 20.7. The van der Waals surface area contributed by atoms with Crippen molar-refractivity contribution in [2.24, 2.45) is 0 Å². The van der Waals surface area contributed by atoms with E-state index in [0.29, 0.717) is 11.6 Å². The van der Waals surface area contributed by atoms with Crippen LogP contribution in [0.15, 0.2) is 40.9 Å². The smallest absolute Gasteiger partial charge is 0.251 e. The van der Waals surface area contributed by atoms with Crippen LogP contribution in [0.4, 0.5) is 18.9 Å². The predicted molar refractivity (Wildman–Crippen MR) is 99.0 cm³/mol. The summed E-state index contributed by atoms with van der Waals surface area (Å²) < 4.78 is 40.2. The van der Waals surface area contributed by atoms with E-state index in [1.165, 1.54) is 0 Å². The largest absolute Gasteiger partial charge is 0.352 e. The molecular weight excluding hydrogens is 443 g/mol. The summed E-state index contributed by atoms with van der Waals surface area (Å²) in [5, 5.41) is 6.85. The topological polar surface area (TPSA) is 87.3 Å². The summed E-state index contributed by atoms with van der Waals surface area (Å²) in [6.45, 7) is -0.460. The Balaban J connectivity index is 1.72. The molecule has 0 saturated carbocycles. The number of amides is 3. The van der Waals surface area contributed by atoms with E-state index in [0.717, 1.165) is 10.5 Å². The molecule has 0 fully saturated rings. The molecule has 0 aliphatic carbocycles. The summed E-state index contributed by atoms with van der Waals surface area (Å²) in [6, 6.07) is 8.17. The van der Waals surface area contributed by atoms with Crippen molar-refractivity contribution in [3.05, 3.63) is 63.9 Å². The van der Waals surface area contributed by atoms with Crippen LogP contribution in [0.2, 0.25) is 0 Å². The standard InChI is InChI=1S/C18H15BrF3N3O3/c19-11-3-1-10(2-4-11)18(28)23-8-7-14(26)24-9-15(27)25-13-6-5-12(20)16(21)17(13)22/h1-6H,7-9H2,(H,23,28)(H,24,26)(H,25,27). The van der Waals surface area contributed by atoms with Crippen molar-refractivity contribution in [3.63, 3.8) is 0 Å². The highest BCUT2D eigenvalue weighted by atomic mass is 79.9. The van der Waals surface area contributed by atoms with Gasteiger partial charge in [0.05, 0.1) is 12.2 Å². The molecule has 0 aliphatic heterocycles. The third-order valence-corrected chi connectivity index (χ3v) is 4.03. The fraction of sp³-hybridized carbons (Fsp3) is 0.167. The van der Waals surface area contributed by atoms with Crippen molar-refractivity contribution in [3.8, 4) is 0 Å². The highest BCUT2D eigenvalue weighted by Gasteiger charge is 2.15. The van der Waals surface area contributed by atoms with E-state index in [1.807, 2.05) is 5.32 Å². The van der Waals surface area contributed by atoms with Crippen LogP contribution in [0.1, 0.15) is 16.8 Å². The summed E-state index contributed by atoms with van der Waals surface area (Å²) in [5.41, 5.74) is -0.114. The van der Waals surface area contributed by atoms with Crippen molar-refractivity contribution >= 4 is 39.3 Å². The minimum Gasteiger partial charge on any atom is -0.352 e. The van der Waals surface area contributed by atoms with Gasteiger partial charge < -0.3 is 16.0 Å². The summed E-state index contributed by atoms with van der Waals surface area (Å²) in [5.74, 6) is -6.33. The van der Waals surface area contributed by atoms with Gasteiger partial charge in [-0.1, -0.05) is 15.9 Å². The van der Waals surface area contributed by atoms with Crippen molar-refractivity contribution in [1.29, 1.82) is 0 Å². The highest BCUT2D eigenvalue weighted by Crippen LogP contribution is 2.19. The van der Waals surface area contributed by atoms with E-state index < -0.39 is 41.5 Å². The van der Waals surface area contributed by atoms with Crippen molar-refractivity contribution in [2.45, 2.75) is 6.42 Å². The van der Waals surface area contributed by atoms with Crippen molar-refractivity contribution in [1.82, 2.24) is 10.6 Å². The van der Waals surface area contributed by atoms with Crippen LogP contribution in [0.3, 0.4) is 0 Å². The first kappa shape index (κ1) is 21.4. The van der Waals surface area contributed by atoms with Gasteiger partial charge in [0, 0.05) is 23.0 Å². The van der Waals surface area contributed by atoms with Gasteiger partial charge in [0.15, 0.2) is 17.5 Å². The molecule has 0 unspecified atom stereocenters. The normalized spacial score (nSPS) is 10.3. The van der Waals surface area contributed by atoms with E-state index >= 15 is 0 Å². The van der Waals surface area contributed by atoms with Gasteiger partial charge in [0.2, 0.25) is 11.8 Å². The lowest BCUT2D eigenvalue weighted by molar-refractivity contribution is -0.124. The molecule has 0 heterocycles. The molecule has 3 amide bonds. The maximum absolute atomic E-state index is 13.5. The number of carbonyl (C=O) groups is 3. The van der Waals surface area contributed by atoms with E-state index in [-0.39, 0.29) is 18.9 Å². The quantitative estimate of drug-likeness (QED) is 0.558. The third kappa shape index (κ3) is 6.08. The first-order chi connectivity index (χ1) is 13.3. The SMILES string of the molecule is O=C(CCNC(=O)c1ccc(Br)cc1)NCC(=O)Nc1ccc(F)c(F)c1F. The summed E-state index contributed by atoms with van der Waals surface area (Å²) in [6.07, 6.45) is -0.0882. The Kier molecular flexibility index (Phi) is 7.56. The molecule has 0 spiro atoms. The molecule has 148 valence electrons. The molecule has 10 heteroatoms. The van der Waals surface area contributed by atoms with Crippen LogP contribution >= 0.6 is 15.9 Å². The minimum absolute atomic E-state index is 0.0418. The van der Waals surface area contributed by atoms with Crippen molar-refractivity contribution < 1.29 is 27.6 Å². The molecular formula is C18H15BrF3N3O3. The number of nitrogens with one attached hydrogen (secondary N) is 3. The first-order valence-electron chi connectivity index (χ1n) is 8.01. The van der Waals surface area contributed by atoms with Gasteiger partial charge in [-0.3, -0.25) is 14.4 Å². The maximum Gasteiger partial charge on any atom is 0.251 e. The molecule has 0 bridgehead atoms. The van der Waals surface area contributed by atoms with Crippen LogP contribution in [0, 0.1) is 17.5 Å². The predicted octanol–water partition coefficient (Wildman–Crippen LogP) is 2.74. The van der Waals surface area contributed by atoms with Crippen LogP contribution in [0.25, 0.3) is 0 Å². The molecule has 2 rings (SSSR count). The summed E-state index contributed by atoms with van der Waals surface area (Å²) in [4.78, 5) is 35.2. The Morgan fingerprint density at radius 2 is 1.54 bits per heavy atom. The number of halogens is 4. The second-order valence-electron chi connectivity index (χ2n) is 5.56. The molecule has 6 nitrogen and oxygen atoms in total. The Morgan fingerprint density at radius 1 is 0.857 bits per heavy atom. The molecule has 3 N–H and O–H groups in total. The second-order valence-corrected chi connectivity index (χ2v) is 6.48. The molecule has 0 radical (unpaired) electrons. The van der Waals surface area contributed by atoms with E-state index in [9.17, 15) is 27.6 Å². The van der Waals surface area contributed by atoms with Crippen LogP contribution in [0.5, 0.6) is 0 Å². The average Bonchev–Trinajstić information content (AvgIpc) is 2.67. The average molecular weight is 458 g/mol. The Labute approximate surface area is 166 Å². The fourth-order valence-corrected chi connectivity index (χ4v) is 2.34. The van der Waals surface area contributed by atoms with Gasteiger partial charge in [0.1, 0.15) is 0 Å². The first-order valence-corrected chi connectivity index (χ1v) is 8.81. The lowest BCUT2D eigenvalue weighted by Crippen LogP contribution is -2.35. The number of hydrogen-bond donors (Lipinski definition) is 3. The summed E-state index contributed by atoms with van der Waals surface area (Å²) >= 11 is 3.25.